The van der Waals surface area contributed by atoms with E-state index in [0.717, 1.165) is 5.56 Å². The number of carbonyl (C=O) groups is 1. The Morgan fingerprint density at radius 3 is 2.75 bits per heavy atom. The van der Waals surface area contributed by atoms with Crippen molar-refractivity contribution in [2.45, 2.75) is 6.92 Å². The normalized spacial score (nSPS) is 17.2. The summed E-state index contributed by atoms with van der Waals surface area (Å²) in [4.78, 5) is 11.6. The van der Waals surface area contributed by atoms with Crippen LogP contribution in [0.2, 0.25) is 0 Å². The molecule has 0 saturated carbocycles. The highest BCUT2D eigenvalue weighted by Gasteiger charge is 2.18. The van der Waals surface area contributed by atoms with Crippen LogP contribution in [0.3, 0.4) is 0 Å². The molecule has 0 fully saturated rings. The van der Waals surface area contributed by atoms with Crippen molar-refractivity contribution >= 4 is 11.9 Å². The summed E-state index contributed by atoms with van der Waals surface area (Å²) in [6, 6.07) is 9.70. The van der Waals surface area contributed by atoms with Gasteiger partial charge in [0.2, 0.25) is 5.78 Å². The third kappa shape index (κ3) is 2.31. The molecule has 1 aromatic carbocycles. The van der Waals surface area contributed by atoms with E-state index in [9.17, 15) is 4.79 Å². The Labute approximate surface area is 94.4 Å². The van der Waals surface area contributed by atoms with Gasteiger partial charge in [0, 0.05) is 6.08 Å². The maximum absolute atomic E-state index is 11.6. The smallest absolute Gasteiger partial charge is 0.207 e. The van der Waals surface area contributed by atoms with Crippen molar-refractivity contribution in [3.05, 3.63) is 53.6 Å². The number of rotatable bonds is 3. The first-order chi connectivity index (χ1) is 7.79. The second-order valence-corrected chi connectivity index (χ2v) is 3.40. The molecule has 0 aliphatic carbocycles. The summed E-state index contributed by atoms with van der Waals surface area (Å²) in [6.07, 6.45) is 3.28. The molecular formula is C13H13NO2. The summed E-state index contributed by atoms with van der Waals surface area (Å²) in [5.74, 6) is 0.474. The number of benzene rings is 1. The number of ether oxygens (including phenoxy) is 1. The Morgan fingerprint density at radius 1 is 1.31 bits per heavy atom. The lowest BCUT2D eigenvalue weighted by atomic mass is 10.2. The van der Waals surface area contributed by atoms with Crippen LogP contribution in [0.25, 0.3) is 6.08 Å². The molecule has 0 amide bonds. The van der Waals surface area contributed by atoms with Gasteiger partial charge in [-0.3, -0.25) is 4.79 Å². The molecule has 82 valence electrons. The van der Waals surface area contributed by atoms with E-state index in [1.54, 1.807) is 0 Å². The van der Waals surface area contributed by atoms with Crippen LogP contribution in [0, 0.1) is 0 Å². The van der Waals surface area contributed by atoms with E-state index in [1.807, 2.05) is 43.3 Å². The molecule has 2 rings (SSSR count). The van der Waals surface area contributed by atoms with E-state index < -0.39 is 0 Å². The van der Waals surface area contributed by atoms with Gasteiger partial charge in [0.15, 0.2) is 5.88 Å². The molecule has 0 unspecified atom stereocenters. The van der Waals surface area contributed by atoms with Crippen molar-refractivity contribution < 1.29 is 9.53 Å². The molecule has 0 atom stereocenters. The number of carbonyl (C=O) groups excluding carboxylic acids is 1. The predicted molar refractivity (Wildman–Crippen MR) is 62.3 cm³/mol. The summed E-state index contributed by atoms with van der Waals surface area (Å²) in [7, 11) is 0. The summed E-state index contributed by atoms with van der Waals surface area (Å²) in [5, 5.41) is 2.94. The number of hydrogen-bond donors (Lipinski definition) is 1. The maximum Gasteiger partial charge on any atom is 0.207 e. The molecule has 1 aromatic rings. The van der Waals surface area contributed by atoms with Crippen molar-refractivity contribution in [1.82, 2.24) is 5.32 Å². The zero-order chi connectivity index (χ0) is 11.4. The SMILES string of the molecule is CCOC1=CC(=O)/C(=C/c2ccccc2)N1. The molecule has 1 aliphatic rings. The number of allylic oxidation sites excluding steroid dienone is 1. The molecule has 1 aliphatic heterocycles. The van der Waals surface area contributed by atoms with Crippen molar-refractivity contribution in [3.63, 3.8) is 0 Å². The first-order valence-corrected chi connectivity index (χ1v) is 5.22. The van der Waals surface area contributed by atoms with Crippen LogP contribution < -0.4 is 5.32 Å². The molecule has 0 spiro atoms. The van der Waals surface area contributed by atoms with Gasteiger partial charge in [0.25, 0.3) is 0 Å². The van der Waals surface area contributed by atoms with Crippen LogP contribution >= 0.6 is 0 Å². The molecule has 0 radical (unpaired) electrons. The van der Waals surface area contributed by atoms with Crippen molar-refractivity contribution in [2.75, 3.05) is 6.61 Å². The number of nitrogens with one attached hydrogen (secondary N) is 1. The highest BCUT2D eigenvalue weighted by atomic mass is 16.5. The molecule has 3 heteroatoms. The van der Waals surface area contributed by atoms with Crippen molar-refractivity contribution in [2.24, 2.45) is 0 Å². The van der Waals surface area contributed by atoms with Crippen LogP contribution in [0.15, 0.2) is 48.0 Å². The van der Waals surface area contributed by atoms with Crippen LogP contribution in [-0.2, 0) is 9.53 Å². The van der Waals surface area contributed by atoms with Gasteiger partial charge in [-0.15, -0.1) is 0 Å². The van der Waals surface area contributed by atoms with Crippen molar-refractivity contribution in [1.29, 1.82) is 0 Å². The minimum absolute atomic E-state index is 0.0488. The summed E-state index contributed by atoms with van der Waals surface area (Å²) in [5.41, 5.74) is 1.54. The number of ketones is 1. The maximum atomic E-state index is 11.6. The Hall–Kier alpha value is -2.03. The van der Waals surface area contributed by atoms with Gasteiger partial charge >= 0.3 is 0 Å². The molecule has 1 N–H and O–H groups in total. The first kappa shape index (κ1) is 10.5. The van der Waals surface area contributed by atoms with E-state index in [4.69, 9.17) is 4.74 Å². The van der Waals surface area contributed by atoms with Gasteiger partial charge in [-0.25, -0.2) is 0 Å². The third-order valence-electron chi connectivity index (χ3n) is 2.20. The quantitative estimate of drug-likeness (QED) is 0.784. The fourth-order valence-corrected chi connectivity index (χ4v) is 1.48. The Bertz CT molecular complexity index is 446. The highest BCUT2D eigenvalue weighted by molar-refractivity contribution is 6.09. The van der Waals surface area contributed by atoms with E-state index in [0.29, 0.717) is 18.2 Å². The Morgan fingerprint density at radius 2 is 2.06 bits per heavy atom. The molecular weight excluding hydrogens is 202 g/mol. The zero-order valence-corrected chi connectivity index (χ0v) is 9.07. The molecule has 1 heterocycles. The molecule has 16 heavy (non-hydrogen) atoms. The lowest BCUT2D eigenvalue weighted by molar-refractivity contribution is -0.111. The summed E-state index contributed by atoms with van der Waals surface area (Å²) >= 11 is 0. The average molecular weight is 215 g/mol. The van der Waals surface area contributed by atoms with Gasteiger partial charge in [-0.1, -0.05) is 30.3 Å². The van der Waals surface area contributed by atoms with Crippen LogP contribution in [0.4, 0.5) is 0 Å². The predicted octanol–water partition coefficient (Wildman–Crippen LogP) is 2.08. The topological polar surface area (TPSA) is 38.3 Å². The molecule has 0 bridgehead atoms. The molecule has 0 aromatic heterocycles. The largest absolute Gasteiger partial charge is 0.479 e. The van der Waals surface area contributed by atoms with E-state index >= 15 is 0 Å². The van der Waals surface area contributed by atoms with Crippen LogP contribution in [0.5, 0.6) is 0 Å². The first-order valence-electron chi connectivity index (χ1n) is 5.22. The monoisotopic (exact) mass is 215 g/mol. The third-order valence-corrected chi connectivity index (χ3v) is 2.20. The fourth-order valence-electron chi connectivity index (χ4n) is 1.48. The fraction of sp³-hybridized carbons (Fsp3) is 0.154. The zero-order valence-electron chi connectivity index (χ0n) is 9.07. The van der Waals surface area contributed by atoms with Crippen LogP contribution in [0.1, 0.15) is 12.5 Å². The average Bonchev–Trinajstić information content (AvgIpc) is 2.61. The van der Waals surface area contributed by atoms with Gasteiger partial charge < -0.3 is 10.1 Å². The van der Waals surface area contributed by atoms with Gasteiger partial charge in [-0.2, -0.15) is 0 Å². The lowest BCUT2D eigenvalue weighted by Gasteiger charge is -2.04. The van der Waals surface area contributed by atoms with E-state index in [1.165, 1.54) is 6.08 Å². The highest BCUT2D eigenvalue weighted by Crippen LogP contribution is 2.13. The van der Waals surface area contributed by atoms with E-state index in [2.05, 4.69) is 5.32 Å². The van der Waals surface area contributed by atoms with Gasteiger partial charge in [0.1, 0.15) is 0 Å². The van der Waals surface area contributed by atoms with Gasteiger partial charge in [-0.05, 0) is 18.6 Å². The standard InChI is InChI=1S/C13H13NO2/c1-2-16-13-9-12(15)11(14-13)8-10-6-4-3-5-7-10/h3-9,14H,2H2,1H3/b11-8-. The van der Waals surface area contributed by atoms with Crippen molar-refractivity contribution in [3.8, 4) is 0 Å². The number of hydrogen-bond acceptors (Lipinski definition) is 3. The minimum atomic E-state index is -0.0488. The van der Waals surface area contributed by atoms with Crippen LogP contribution in [-0.4, -0.2) is 12.4 Å². The second kappa shape index (κ2) is 4.66. The molecule has 3 nitrogen and oxygen atoms in total. The van der Waals surface area contributed by atoms with Gasteiger partial charge in [0.05, 0.1) is 12.3 Å². The Kier molecular flexibility index (Phi) is 3.05. The second-order valence-electron chi connectivity index (χ2n) is 3.40. The summed E-state index contributed by atoms with van der Waals surface area (Å²) in [6.45, 7) is 2.43. The molecule has 0 saturated heterocycles. The summed E-state index contributed by atoms with van der Waals surface area (Å²) < 4.78 is 5.23. The lowest BCUT2D eigenvalue weighted by Crippen LogP contribution is -2.11. The van der Waals surface area contributed by atoms with E-state index in [-0.39, 0.29) is 5.78 Å². The minimum Gasteiger partial charge on any atom is -0.479 e. The Balaban J connectivity index is 2.14.